The van der Waals surface area contributed by atoms with Crippen LogP contribution in [0.4, 0.5) is 32.0 Å². The van der Waals surface area contributed by atoms with Crippen molar-refractivity contribution >= 4 is 29.1 Å². The standard InChI is InChI=1S/C48H40F6N2O4/c1-25-21-31(16-19-41(25)55)45(39-13-9-7-11-34(39)35-12-8-10-14-40(35)45)32-17-20-42(26(2)22-32)56-43(59)36-18-15-33(24-38(36)44(56)60)46(47(49,50)51,48(52,53)54)27(3)23-37(30(6)58)28(4)29(5)57/h7-20,22-24,31H,21,55H2,1-6H3/b27-23+,37-28-. The number of hydrogen-bond acceptors (Lipinski definition) is 5. The number of nitrogens with zero attached hydrogens (tertiary/aromatic N) is 1. The van der Waals surface area contributed by atoms with E-state index in [1.54, 1.807) is 19.1 Å². The lowest BCUT2D eigenvalue weighted by atomic mass is 9.61. The zero-order chi connectivity index (χ0) is 43.9. The highest BCUT2D eigenvalue weighted by molar-refractivity contribution is 6.34. The minimum Gasteiger partial charge on any atom is -0.399 e. The molecule has 7 rings (SSSR count). The molecule has 308 valence electrons. The van der Waals surface area contributed by atoms with Gasteiger partial charge in [0.05, 0.1) is 22.2 Å². The van der Waals surface area contributed by atoms with Gasteiger partial charge in [-0.25, -0.2) is 4.90 Å². The minimum atomic E-state index is -6.06. The van der Waals surface area contributed by atoms with E-state index in [0.29, 0.717) is 42.8 Å². The highest BCUT2D eigenvalue weighted by atomic mass is 19.4. The van der Waals surface area contributed by atoms with Crippen LogP contribution in [0.1, 0.15) is 89.6 Å². The number of imide groups is 1. The largest absolute Gasteiger partial charge is 0.410 e. The van der Waals surface area contributed by atoms with E-state index in [1.165, 1.54) is 0 Å². The molecule has 0 spiro atoms. The monoisotopic (exact) mass is 822 g/mol. The number of nitrogens with two attached hydrogens (primary N) is 1. The highest BCUT2D eigenvalue weighted by Gasteiger charge is 2.72. The van der Waals surface area contributed by atoms with Gasteiger partial charge in [0.1, 0.15) is 0 Å². The number of halogens is 6. The third-order valence-corrected chi connectivity index (χ3v) is 12.4. The molecular weight excluding hydrogens is 783 g/mol. The maximum atomic E-state index is 15.2. The van der Waals surface area contributed by atoms with Crippen molar-refractivity contribution in [3.05, 3.63) is 170 Å². The molecule has 0 saturated carbocycles. The Labute approximate surface area is 342 Å². The van der Waals surface area contributed by atoms with Crippen LogP contribution in [0.5, 0.6) is 0 Å². The Kier molecular flexibility index (Phi) is 10.1. The Bertz CT molecular complexity index is 2620. The number of amides is 2. The zero-order valence-corrected chi connectivity index (χ0v) is 33.5. The lowest BCUT2D eigenvalue weighted by molar-refractivity contribution is -0.289. The average molecular weight is 823 g/mol. The van der Waals surface area contributed by atoms with Gasteiger partial charge in [0.15, 0.2) is 11.6 Å². The van der Waals surface area contributed by atoms with Crippen molar-refractivity contribution in [2.75, 3.05) is 4.90 Å². The highest BCUT2D eigenvalue weighted by Crippen LogP contribution is 2.60. The first-order chi connectivity index (χ1) is 28.1. The van der Waals surface area contributed by atoms with Crippen LogP contribution in [0.15, 0.2) is 131 Å². The number of ketones is 2. The number of allylic oxidation sites excluding steroid dienone is 7. The molecule has 0 aromatic heterocycles. The Morgan fingerprint density at radius 1 is 0.733 bits per heavy atom. The van der Waals surface area contributed by atoms with E-state index < -0.39 is 68.8 Å². The van der Waals surface area contributed by atoms with Gasteiger partial charge in [0, 0.05) is 16.8 Å². The molecule has 0 bridgehead atoms. The van der Waals surface area contributed by atoms with Crippen LogP contribution in [-0.4, -0.2) is 35.7 Å². The summed E-state index contributed by atoms with van der Waals surface area (Å²) in [6, 6.07) is 23.1. The van der Waals surface area contributed by atoms with Gasteiger partial charge in [-0.15, -0.1) is 0 Å². The summed E-state index contributed by atoms with van der Waals surface area (Å²) >= 11 is 0. The van der Waals surface area contributed by atoms with Crippen LogP contribution in [0.3, 0.4) is 0 Å². The molecule has 2 aliphatic carbocycles. The second-order valence-electron chi connectivity index (χ2n) is 15.7. The summed E-state index contributed by atoms with van der Waals surface area (Å²) in [4.78, 5) is 53.5. The van der Waals surface area contributed by atoms with Crippen molar-refractivity contribution in [3.8, 4) is 11.1 Å². The van der Waals surface area contributed by atoms with Crippen molar-refractivity contribution in [3.63, 3.8) is 0 Å². The van der Waals surface area contributed by atoms with Gasteiger partial charge in [-0.1, -0.05) is 78.9 Å². The van der Waals surface area contributed by atoms with Crippen molar-refractivity contribution in [1.82, 2.24) is 0 Å². The van der Waals surface area contributed by atoms with Gasteiger partial charge >= 0.3 is 12.4 Å². The molecule has 0 fully saturated rings. The van der Waals surface area contributed by atoms with Gasteiger partial charge in [-0.2, -0.15) is 26.3 Å². The first-order valence-corrected chi connectivity index (χ1v) is 19.1. The maximum absolute atomic E-state index is 15.2. The fraction of sp³-hybridized carbons (Fsp3) is 0.250. The number of hydrogen-bond donors (Lipinski definition) is 1. The lowest BCUT2D eigenvalue weighted by Gasteiger charge is -2.41. The summed E-state index contributed by atoms with van der Waals surface area (Å²) in [7, 11) is 0. The average Bonchev–Trinajstić information content (AvgIpc) is 3.61. The molecule has 0 saturated heterocycles. The van der Waals surface area contributed by atoms with E-state index in [0.717, 1.165) is 65.1 Å². The molecule has 2 N–H and O–H groups in total. The summed E-state index contributed by atoms with van der Waals surface area (Å²) in [5, 5.41) is 0. The van der Waals surface area contributed by atoms with Crippen molar-refractivity contribution in [2.45, 2.75) is 71.1 Å². The lowest BCUT2D eigenvalue weighted by Crippen LogP contribution is -2.55. The SMILES string of the molecule is CC(=O)/C(C)=C(/C=C(\C)C(c1ccc2c(c1)C(=O)N(c1ccc(C3(C4C=CC(N)=C(C)C4)c4ccccc4-c4ccccc43)cc1C)C2=O)(C(F)(F)F)C(F)(F)F)C(C)=O. The van der Waals surface area contributed by atoms with E-state index in [9.17, 15) is 19.2 Å². The molecule has 0 radical (unpaired) electrons. The molecule has 4 aromatic rings. The summed E-state index contributed by atoms with van der Waals surface area (Å²) in [5.41, 5.74) is 3.32. The molecule has 1 atom stereocenters. The minimum absolute atomic E-state index is 0.102. The van der Waals surface area contributed by atoms with E-state index in [1.807, 2.05) is 43.3 Å². The molecule has 1 unspecified atom stereocenters. The molecule has 6 nitrogen and oxygen atoms in total. The summed E-state index contributed by atoms with van der Waals surface area (Å²) < 4.78 is 91.2. The number of alkyl halides is 6. The van der Waals surface area contributed by atoms with Crippen LogP contribution in [0.25, 0.3) is 11.1 Å². The number of anilines is 1. The Morgan fingerprint density at radius 3 is 1.82 bits per heavy atom. The number of aryl methyl sites for hydroxylation is 1. The Morgan fingerprint density at radius 2 is 1.30 bits per heavy atom. The normalized spacial score (nSPS) is 18.0. The smallest absolute Gasteiger partial charge is 0.399 e. The van der Waals surface area contributed by atoms with Crippen LogP contribution in [0, 0.1) is 12.8 Å². The Hall–Kier alpha value is -6.30. The van der Waals surface area contributed by atoms with Crippen LogP contribution >= 0.6 is 0 Å². The number of carbonyl (C=O) groups excluding carboxylic acids is 4. The molecule has 3 aliphatic rings. The molecule has 12 heteroatoms. The number of carbonyl (C=O) groups is 4. The van der Waals surface area contributed by atoms with Crippen molar-refractivity contribution < 1.29 is 45.5 Å². The van der Waals surface area contributed by atoms with Crippen LogP contribution in [0.2, 0.25) is 0 Å². The van der Waals surface area contributed by atoms with E-state index >= 15 is 26.3 Å². The molecule has 2 amide bonds. The molecular formula is C48H40F6N2O4. The van der Waals surface area contributed by atoms with Crippen molar-refractivity contribution in [1.29, 1.82) is 0 Å². The molecule has 4 aromatic carbocycles. The van der Waals surface area contributed by atoms with Gasteiger partial charge in [-0.05, 0) is 128 Å². The second kappa shape index (κ2) is 14.5. The zero-order valence-electron chi connectivity index (χ0n) is 33.5. The third-order valence-electron chi connectivity index (χ3n) is 12.4. The predicted octanol–water partition coefficient (Wildman–Crippen LogP) is 10.7. The summed E-state index contributed by atoms with van der Waals surface area (Å²) in [6.45, 7) is 7.31. The van der Waals surface area contributed by atoms with E-state index in [4.69, 9.17) is 5.73 Å². The number of fused-ring (bicyclic) bond motifs is 4. The number of benzene rings is 4. The van der Waals surface area contributed by atoms with E-state index in [-0.39, 0.29) is 22.7 Å². The van der Waals surface area contributed by atoms with Gasteiger partial charge in [0.2, 0.25) is 5.41 Å². The molecule has 1 heterocycles. The number of rotatable bonds is 8. The quantitative estimate of drug-likeness (QED) is 0.0826. The summed E-state index contributed by atoms with van der Waals surface area (Å²) in [5.74, 6) is -3.81. The first kappa shape index (κ1) is 41.8. The fourth-order valence-electron chi connectivity index (χ4n) is 9.36. The first-order valence-electron chi connectivity index (χ1n) is 19.1. The number of Topliss-reactive ketones (excluding diaryl/α,β-unsaturated/α-hetero) is 2. The van der Waals surface area contributed by atoms with Gasteiger partial charge in [0.25, 0.3) is 11.8 Å². The molecule has 60 heavy (non-hydrogen) atoms. The second-order valence-corrected chi connectivity index (χ2v) is 15.7. The van der Waals surface area contributed by atoms with E-state index in [2.05, 4.69) is 30.3 Å². The van der Waals surface area contributed by atoms with Crippen molar-refractivity contribution in [2.24, 2.45) is 11.7 Å². The fourth-order valence-corrected chi connectivity index (χ4v) is 9.36. The topological polar surface area (TPSA) is 97.5 Å². The Balaban J connectivity index is 1.36. The third kappa shape index (κ3) is 6.01. The van der Waals surface area contributed by atoms with Gasteiger partial charge in [-0.3, -0.25) is 19.2 Å². The maximum Gasteiger partial charge on any atom is 0.410 e. The molecule has 1 aliphatic heterocycles. The predicted molar refractivity (Wildman–Crippen MR) is 216 cm³/mol. The van der Waals surface area contributed by atoms with Gasteiger partial charge < -0.3 is 5.73 Å². The van der Waals surface area contributed by atoms with Crippen LogP contribution in [-0.2, 0) is 20.4 Å². The summed E-state index contributed by atoms with van der Waals surface area (Å²) in [6.07, 6.45) is -7.09. The van der Waals surface area contributed by atoms with Crippen LogP contribution < -0.4 is 10.6 Å².